The average Bonchev–Trinajstić information content (AvgIpc) is 2.38. The third kappa shape index (κ3) is 3.21. The number of hydrogen-bond donors (Lipinski definition) is 2. The van der Waals surface area contributed by atoms with E-state index in [0.29, 0.717) is 18.1 Å². The van der Waals surface area contributed by atoms with Crippen LogP contribution >= 0.6 is 15.9 Å². The fourth-order valence-electron chi connectivity index (χ4n) is 1.73. The molecule has 0 aliphatic carbocycles. The van der Waals surface area contributed by atoms with Gasteiger partial charge in [0.15, 0.2) is 0 Å². The minimum Gasteiger partial charge on any atom is -0.496 e. The standard InChI is InChI=1S/C13H14BrN3O2/c1-15-7-9-6-12(18)17-13(16-9)8-3-4-11(19-2)10(14)5-8/h3-6,15H,7H2,1-2H3,(H,16,17,18). The third-order valence-corrected chi connectivity index (χ3v) is 3.20. The van der Waals surface area contributed by atoms with Gasteiger partial charge in [0.25, 0.3) is 5.56 Å². The Bertz CT molecular complexity index is 640. The number of rotatable bonds is 4. The van der Waals surface area contributed by atoms with Gasteiger partial charge in [0.05, 0.1) is 17.3 Å². The molecular weight excluding hydrogens is 310 g/mol. The molecule has 2 N–H and O–H groups in total. The number of H-pyrrole nitrogens is 1. The molecule has 6 heteroatoms. The first-order chi connectivity index (χ1) is 9.13. The third-order valence-electron chi connectivity index (χ3n) is 2.58. The second-order valence-electron chi connectivity index (χ2n) is 3.96. The molecule has 0 bridgehead atoms. The van der Waals surface area contributed by atoms with E-state index in [1.54, 1.807) is 7.11 Å². The van der Waals surface area contributed by atoms with Crippen molar-refractivity contribution in [2.24, 2.45) is 0 Å². The Morgan fingerprint density at radius 3 is 2.84 bits per heavy atom. The van der Waals surface area contributed by atoms with Crippen LogP contribution in [0.2, 0.25) is 0 Å². The summed E-state index contributed by atoms with van der Waals surface area (Å²) in [6.45, 7) is 0.550. The lowest BCUT2D eigenvalue weighted by molar-refractivity contribution is 0.412. The predicted octanol–water partition coefficient (Wildman–Crippen LogP) is 1.93. The molecule has 0 saturated carbocycles. The summed E-state index contributed by atoms with van der Waals surface area (Å²) < 4.78 is 5.99. The largest absolute Gasteiger partial charge is 0.496 e. The Morgan fingerprint density at radius 2 is 2.21 bits per heavy atom. The van der Waals surface area contributed by atoms with E-state index in [-0.39, 0.29) is 5.56 Å². The molecule has 100 valence electrons. The summed E-state index contributed by atoms with van der Waals surface area (Å²) >= 11 is 3.42. The average molecular weight is 324 g/mol. The first kappa shape index (κ1) is 13.8. The lowest BCUT2D eigenvalue weighted by Gasteiger charge is -2.07. The van der Waals surface area contributed by atoms with E-state index in [1.165, 1.54) is 6.07 Å². The zero-order valence-corrected chi connectivity index (χ0v) is 12.2. The summed E-state index contributed by atoms with van der Waals surface area (Å²) in [7, 11) is 3.42. The second-order valence-corrected chi connectivity index (χ2v) is 4.82. The van der Waals surface area contributed by atoms with E-state index < -0.39 is 0 Å². The monoisotopic (exact) mass is 323 g/mol. The smallest absolute Gasteiger partial charge is 0.251 e. The molecule has 0 radical (unpaired) electrons. The molecule has 1 heterocycles. The maximum atomic E-state index is 11.6. The van der Waals surface area contributed by atoms with Crippen molar-refractivity contribution in [1.82, 2.24) is 15.3 Å². The number of hydrogen-bond acceptors (Lipinski definition) is 4. The number of nitrogens with zero attached hydrogens (tertiary/aromatic N) is 1. The van der Waals surface area contributed by atoms with Crippen LogP contribution in [0.25, 0.3) is 11.4 Å². The fourth-order valence-corrected chi connectivity index (χ4v) is 2.27. The van der Waals surface area contributed by atoms with Gasteiger partial charge in [0.2, 0.25) is 0 Å². The maximum absolute atomic E-state index is 11.6. The molecule has 0 saturated heterocycles. The molecule has 0 unspecified atom stereocenters. The van der Waals surface area contributed by atoms with Crippen molar-refractivity contribution in [3.05, 3.63) is 44.8 Å². The SMILES string of the molecule is CNCc1cc(=O)[nH]c(-c2ccc(OC)c(Br)c2)n1. The normalized spacial score (nSPS) is 10.5. The van der Waals surface area contributed by atoms with Crippen LogP contribution in [-0.2, 0) is 6.54 Å². The number of methoxy groups -OCH3 is 1. The number of nitrogens with one attached hydrogen (secondary N) is 2. The second kappa shape index (κ2) is 5.99. The quantitative estimate of drug-likeness (QED) is 0.902. The number of benzene rings is 1. The van der Waals surface area contributed by atoms with Gasteiger partial charge in [-0.1, -0.05) is 0 Å². The van der Waals surface area contributed by atoms with Crippen LogP contribution in [0.15, 0.2) is 33.5 Å². The highest BCUT2D eigenvalue weighted by Gasteiger charge is 2.07. The van der Waals surface area contributed by atoms with Crippen LogP contribution in [0.4, 0.5) is 0 Å². The van der Waals surface area contributed by atoms with E-state index in [4.69, 9.17) is 4.74 Å². The van der Waals surface area contributed by atoms with Gasteiger partial charge in [-0.25, -0.2) is 4.98 Å². The van der Waals surface area contributed by atoms with E-state index in [0.717, 1.165) is 15.8 Å². The predicted molar refractivity (Wildman–Crippen MR) is 77.3 cm³/mol. The van der Waals surface area contributed by atoms with Crippen molar-refractivity contribution in [3.63, 3.8) is 0 Å². The minimum atomic E-state index is -0.165. The van der Waals surface area contributed by atoms with Crippen LogP contribution in [0.3, 0.4) is 0 Å². The highest BCUT2D eigenvalue weighted by Crippen LogP contribution is 2.28. The van der Waals surface area contributed by atoms with Gasteiger partial charge >= 0.3 is 0 Å². The first-order valence-corrected chi connectivity index (χ1v) is 6.52. The van der Waals surface area contributed by atoms with Crippen molar-refractivity contribution < 1.29 is 4.74 Å². The molecule has 2 rings (SSSR count). The first-order valence-electron chi connectivity index (χ1n) is 5.73. The van der Waals surface area contributed by atoms with E-state index in [9.17, 15) is 4.79 Å². The van der Waals surface area contributed by atoms with Gasteiger partial charge in [-0.15, -0.1) is 0 Å². The highest BCUT2D eigenvalue weighted by atomic mass is 79.9. The minimum absolute atomic E-state index is 0.165. The summed E-state index contributed by atoms with van der Waals surface area (Å²) in [5.41, 5.74) is 1.36. The van der Waals surface area contributed by atoms with Crippen LogP contribution in [-0.4, -0.2) is 24.1 Å². The van der Waals surface area contributed by atoms with Gasteiger partial charge in [0, 0.05) is 18.2 Å². The Hall–Kier alpha value is -1.66. The molecule has 0 aliphatic heterocycles. The fraction of sp³-hybridized carbons (Fsp3) is 0.231. The van der Waals surface area contributed by atoms with E-state index in [2.05, 4.69) is 31.2 Å². The van der Waals surface area contributed by atoms with Crippen molar-refractivity contribution in [3.8, 4) is 17.1 Å². The van der Waals surface area contributed by atoms with Crippen molar-refractivity contribution in [2.75, 3.05) is 14.2 Å². The van der Waals surface area contributed by atoms with Crippen LogP contribution in [0, 0.1) is 0 Å². The van der Waals surface area contributed by atoms with Gasteiger partial charge in [-0.3, -0.25) is 4.79 Å². The summed E-state index contributed by atoms with van der Waals surface area (Å²) in [5, 5.41) is 2.97. The zero-order chi connectivity index (χ0) is 13.8. The summed E-state index contributed by atoms with van der Waals surface area (Å²) in [6, 6.07) is 7.02. The van der Waals surface area contributed by atoms with Crippen molar-refractivity contribution in [2.45, 2.75) is 6.54 Å². The summed E-state index contributed by atoms with van der Waals surface area (Å²) in [4.78, 5) is 18.7. The number of ether oxygens (including phenoxy) is 1. The summed E-state index contributed by atoms with van der Waals surface area (Å²) in [5.74, 6) is 1.28. The van der Waals surface area contributed by atoms with E-state index in [1.807, 2.05) is 25.2 Å². The summed E-state index contributed by atoms with van der Waals surface area (Å²) in [6.07, 6.45) is 0. The number of halogens is 1. The molecule has 2 aromatic rings. The number of aromatic nitrogens is 2. The van der Waals surface area contributed by atoms with Gasteiger partial charge in [-0.2, -0.15) is 0 Å². The van der Waals surface area contributed by atoms with Gasteiger partial charge < -0.3 is 15.0 Å². The Kier molecular flexibility index (Phi) is 4.34. The molecule has 0 spiro atoms. The molecule has 5 nitrogen and oxygen atoms in total. The lowest BCUT2D eigenvalue weighted by Crippen LogP contribution is -2.14. The van der Waals surface area contributed by atoms with Crippen LogP contribution < -0.4 is 15.6 Å². The highest BCUT2D eigenvalue weighted by molar-refractivity contribution is 9.10. The van der Waals surface area contributed by atoms with Crippen LogP contribution in [0.5, 0.6) is 5.75 Å². The molecule has 0 amide bonds. The van der Waals surface area contributed by atoms with Gasteiger partial charge in [-0.05, 0) is 41.2 Å². The van der Waals surface area contributed by atoms with Crippen LogP contribution in [0.1, 0.15) is 5.69 Å². The molecule has 0 aliphatic rings. The Morgan fingerprint density at radius 1 is 1.42 bits per heavy atom. The number of aromatic amines is 1. The molecule has 0 atom stereocenters. The van der Waals surface area contributed by atoms with Gasteiger partial charge in [0.1, 0.15) is 11.6 Å². The van der Waals surface area contributed by atoms with E-state index >= 15 is 0 Å². The van der Waals surface area contributed by atoms with Crippen molar-refractivity contribution in [1.29, 1.82) is 0 Å². The van der Waals surface area contributed by atoms with Crippen molar-refractivity contribution >= 4 is 15.9 Å². The molecule has 19 heavy (non-hydrogen) atoms. The molecule has 1 aromatic carbocycles. The maximum Gasteiger partial charge on any atom is 0.251 e. The lowest BCUT2D eigenvalue weighted by atomic mass is 10.2. The molecule has 1 aromatic heterocycles. The Balaban J connectivity index is 2.46. The topological polar surface area (TPSA) is 67.0 Å². The Labute approximate surface area is 119 Å². The molecule has 0 fully saturated rings. The zero-order valence-electron chi connectivity index (χ0n) is 10.7. The molecular formula is C13H14BrN3O2.